The van der Waals surface area contributed by atoms with Gasteiger partial charge in [0.25, 0.3) is 0 Å². The molecule has 1 N–H and O–H groups in total. The van der Waals surface area contributed by atoms with Crippen molar-refractivity contribution in [2.45, 2.75) is 12.5 Å². The third-order valence-corrected chi connectivity index (χ3v) is 3.62. The summed E-state index contributed by atoms with van der Waals surface area (Å²) in [6.45, 7) is 1.71. The van der Waals surface area contributed by atoms with Gasteiger partial charge in [0.15, 0.2) is 0 Å². The highest BCUT2D eigenvalue weighted by molar-refractivity contribution is 5.44. The molecular weight excluding hydrogens is 283 g/mol. The van der Waals surface area contributed by atoms with Crippen LogP contribution in [0.5, 0.6) is 0 Å². The molecule has 3 heterocycles. The fourth-order valence-electron chi connectivity index (χ4n) is 2.49. The first-order valence-corrected chi connectivity index (χ1v) is 7.25. The first-order valence-electron chi connectivity index (χ1n) is 7.25. The smallest absolute Gasteiger partial charge is 0.226 e. The van der Waals surface area contributed by atoms with Crippen LogP contribution in [-0.2, 0) is 0 Å². The summed E-state index contributed by atoms with van der Waals surface area (Å²) in [6, 6.07) is 5.31. The van der Waals surface area contributed by atoms with Gasteiger partial charge < -0.3 is 15.1 Å². The van der Waals surface area contributed by atoms with Gasteiger partial charge in [0.05, 0.1) is 6.20 Å². The van der Waals surface area contributed by atoms with Gasteiger partial charge in [-0.05, 0) is 24.6 Å². The standard InChI is InChI=1S/C15H19FN6/c1-21(2)15-17-7-5-13(20-15)19-12-6-8-22(10-12)14-4-3-11(16)9-18-14/h3-5,7,9,12H,6,8,10H2,1-2H3,(H,17,19,20). The molecule has 0 amide bonds. The van der Waals surface area contributed by atoms with Crippen LogP contribution in [0.25, 0.3) is 0 Å². The average Bonchev–Trinajstić information content (AvgIpc) is 2.96. The number of hydrogen-bond acceptors (Lipinski definition) is 6. The Morgan fingerprint density at radius 2 is 2.14 bits per heavy atom. The van der Waals surface area contributed by atoms with E-state index in [-0.39, 0.29) is 11.9 Å². The molecule has 1 atom stereocenters. The molecule has 1 aliphatic heterocycles. The van der Waals surface area contributed by atoms with Crippen LogP contribution < -0.4 is 15.1 Å². The predicted molar refractivity (Wildman–Crippen MR) is 84.8 cm³/mol. The lowest BCUT2D eigenvalue weighted by molar-refractivity contribution is 0.621. The minimum Gasteiger partial charge on any atom is -0.365 e. The highest BCUT2D eigenvalue weighted by atomic mass is 19.1. The topological polar surface area (TPSA) is 57.2 Å². The van der Waals surface area contributed by atoms with Crippen molar-refractivity contribution in [3.05, 3.63) is 36.4 Å². The van der Waals surface area contributed by atoms with E-state index < -0.39 is 0 Å². The van der Waals surface area contributed by atoms with Gasteiger partial charge in [0.2, 0.25) is 5.95 Å². The van der Waals surface area contributed by atoms with Crippen molar-refractivity contribution in [2.24, 2.45) is 0 Å². The normalized spacial score (nSPS) is 17.6. The van der Waals surface area contributed by atoms with Crippen molar-refractivity contribution in [2.75, 3.05) is 42.3 Å². The summed E-state index contributed by atoms with van der Waals surface area (Å²) in [4.78, 5) is 16.8. The van der Waals surface area contributed by atoms with Gasteiger partial charge in [-0.2, -0.15) is 4.98 Å². The van der Waals surface area contributed by atoms with E-state index in [1.165, 1.54) is 12.3 Å². The molecule has 7 heteroatoms. The molecule has 2 aromatic rings. The largest absolute Gasteiger partial charge is 0.365 e. The minimum atomic E-state index is -0.310. The van der Waals surface area contributed by atoms with Gasteiger partial charge in [0, 0.05) is 39.4 Å². The van der Waals surface area contributed by atoms with Crippen molar-refractivity contribution in [1.29, 1.82) is 0 Å². The molecule has 0 spiro atoms. The number of nitrogens with one attached hydrogen (secondary N) is 1. The zero-order valence-electron chi connectivity index (χ0n) is 12.7. The Kier molecular flexibility index (Phi) is 4.04. The summed E-state index contributed by atoms with van der Waals surface area (Å²) < 4.78 is 12.9. The Bertz CT molecular complexity index is 630. The SMILES string of the molecule is CN(C)c1nccc(NC2CCN(c3ccc(F)cn3)C2)n1. The molecule has 1 unspecified atom stereocenters. The second kappa shape index (κ2) is 6.13. The lowest BCUT2D eigenvalue weighted by atomic mass is 10.2. The van der Waals surface area contributed by atoms with Gasteiger partial charge >= 0.3 is 0 Å². The van der Waals surface area contributed by atoms with Gasteiger partial charge in [-0.15, -0.1) is 0 Å². The minimum absolute atomic E-state index is 0.289. The summed E-state index contributed by atoms with van der Waals surface area (Å²) in [5.74, 6) is 2.00. The van der Waals surface area contributed by atoms with E-state index in [4.69, 9.17) is 0 Å². The summed E-state index contributed by atoms with van der Waals surface area (Å²) in [7, 11) is 3.83. The molecule has 22 heavy (non-hydrogen) atoms. The summed E-state index contributed by atoms with van der Waals surface area (Å²) in [5, 5.41) is 3.43. The maximum Gasteiger partial charge on any atom is 0.226 e. The van der Waals surface area contributed by atoms with Crippen LogP contribution in [0.4, 0.5) is 22.0 Å². The number of halogens is 1. The quantitative estimate of drug-likeness (QED) is 0.929. The number of rotatable bonds is 4. The number of nitrogens with zero attached hydrogens (tertiary/aromatic N) is 5. The zero-order valence-corrected chi connectivity index (χ0v) is 12.7. The Morgan fingerprint density at radius 3 is 2.86 bits per heavy atom. The van der Waals surface area contributed by atoms with E-state index in [2.05, 4.69) is 25.2 Å². The van der Waals surface area contributed by atoms with Crippen LogP contribution in [0.3, 0.4) is 0 Å². The van der Waals surface area contributed by atoms with E-state index >= 15 is 0 Å². The molecule has 1 fully saturated rings. The molecule has 1 saturated heterocycles. The van der Waals surface area contributed by atoms with E-state index in [0.717, 1.165) is 31.1 Å². The van der Waals surface area contributed by atoms with Gasteiger partial charge in [-0.25, -0.2) is 14.4 Å². The molecule has 0 aromatic carbocycles. The molecule has 116 valence electrons. The Balaban J connectivity index is 1.63. The molecule has 0 bridgehead atoms. The first-order chi connectivity index (χ1) is 10.6. The van der Waals surface area contributed by atoms with Crippen LogP contribution >= 0.6 is 0 Å². The first kappa shape index (κ1) is 14.5. The molecule has 3 rings (SSSR count). The zero-order chi connectivity index (χ0) is 15.5. The molecule has 1 aliphatic rings. The van der Waals surface area contributed by atoms with Crippen molar-refractivity contribution in [3.8, 4) is 0 Å². The number of pyridine rings is 1. The Morgan fingerprint density at radius 1 is 1.27 bits per heavy atom. The molecule has 0 aliphatic carbocycles. The lowest BCUT2D eigenvalue weighted by Gasteiger charge is -2.18. The van der Waals surface area contributed by atoms with Gasteiger partial charge in [-0.3, -0.25) is 0 Å². The van der Waals surface area contributed by atoms with E-state index in [9.17, 15) is 4.39 Å². The highest BCUT2D eigenvalue weighted by Gasteiger charge is 2.23. The maximum atomic E-state index is 12.9. The van der Waals surface area contributed by atoms with E-state index in [1.54, 1.807) is 12.3 Å². The van der Waals surface area contributed by atoms with Gasteiger partial charge in [0.1, 0.15) is 17.5 Å². The van der Waals surface area contributed by atoms with Crippen molar-refractivity contribution in [3.63, 3.8) is 0 Å². The lowest BCUT2D eigenvalue weighted by Crippen LogP contribution is -2.27. The third-order valence-electron chi connectivity index (χ3n) is 3.62. The summed E-state index contributed by atoms with van der Waals surface area (Å²) in [5.41, 5.74) is 0. The van der Waals surface area contributed by atoms with Crippen LogP contribution in [0, 0.1) is 5.82 Å². The van der Waals surface area contributed by atoms with Crippen LogP contribution in [-0.4, -0.2) is 48.2 Å². The van der Waals surface area contributed by atoms with Crippen molar-refractivity contribution < 1.29 is 4.39 Å². The third kappa shape index (κ3) is 3.24. The monoisotopic (exact) mass is 302 g/mol. The molecule has 2 aromatic heterocycles. The maximum absolute atomic E-state index is 12.9. The fourth-order valence-corrected chi connectivity index (χ4v) is 2.49. The fraction of sp³-hybridized carbons (Fsp3) is 0.400. The van der Waals surface area contributed by atoms with Crippen LogP contribution in [0.15, 0.2) is 30.6 Å². The second-order valence-electron chi connectivity index (χ2n) is 5.55. The Labute approximate surface area is 129 Å². The second-order valence-corrected chi connectivity index (χ2v) is 5.55. The number of anilines is 3. The molecule has 0 radical (unpaired) electrons. The predicted octanol–water partition coefficient (Wildman–Crippen LogP) is 1.77. The number of aromatic nitrogens is 3. The van der Waals surface area contributed by atoms with Crippen molar-refractivity contribution in [1.82, 2.24) is 15.0 Å². The summed E-state index contributed by atoms with van der Waals surface area (Å²) >= 11 is 0. The average molecular weight is 302 g/mol. The van der Waals surface area contributed by atoms with E-state index in [1.807, 2.05) is 25.1 Å². The van der Waals surface area contributed by atoms with Gasteiger partial charge in [-0.1, -0.05) is 0 Å². The van der Waals surface area contributed by atoms with Crippen molar-refractivity contribution >= 4 is 17.6 Å². The molecule has 0 saturated carbocycles. The number of hydrogen-bond donors (Lipinski definition) is 1. The Hall–Kier alpha value is -2.44. The summed E-state index contributed by atoms with van der Waals surface area (Å²) in [6.07, 6.45) is 3.99. The highest BCUT2D eigenvalue weighted by Crippen LogP contribution is 2.20. The van der Waals surface area contributed by atoms with E-state index in [0.29, 0.717) is 5.95 Å². The molecular formula is C15H19FN6. The molecule has 6 nitrogen and oxygen atoms in total. The van der Waals surface area contributed by atoms with Crippen LogP contribution in [0.2, 0.25) is 0 Å². The van der Waals surface area contributed by atoms with Crippen LogP contribution in [0.1, 0.15) is 6.42 Å².